The van der Waals surface area contributed by atoms with E-state index >= 15 is 0 Å². The van der Waals surface area contributed by atoms with Crippen LogP contribution in [0.25, 0.3) is 0 Å². The minimum atomic E-state index is -0.317. The van der Waals surface area contributed by atoms with Gasteiger partial charge in [-0.15, -0.1) is 0 Å². The number of imide groups is 1. The van der Waals surface area contributed by atoms with Crippen LogP contribution in [-0.4, -0.2) is 34.8 Å². The third-order valence-corrected chi connectivity index (χ3v) is 3.31. The molecule has 108 valence electrons. The number of nitrogens with zero attached hydrogens (tertiary/aromatic N) is 3. The predicted molar refractivity (Wildman–Crippen MR) is 76.3 cm³/mol. The maximum atomic E-state index is 12.1. The lowest BCUT2D eigenvalue weighted by molar-refractivity contribution is 0.0630. The summed E-state index contributed by atoms with van der Waals surface area (Å²) >= 11 is 0. The molecule has 2 aromatic rings. The standard InChI is InChI=1S/C16H11N3O3/c17-10-11-5-6-18-14(9-11)22-8-7-19-15(20)12-3-1-2-4-13(12)16(19)21/h1-6,9H,7-8H2. The number of ether oxygens (including phenoxy) is 1. The van der Waals surface area contributed by atoms with Crippen molar-refractivity contribution in [3.63, 3.8) is 0 Å². The molecule has 0 saturated carbocycles. The first-order valence-corrected chi connectivity index (χ1v) is 6.65. The van der Waals surface area contributed by atoms with Crippen LogP contribution in [0.4, 0.5) is 0 Å². The molecular formula is C16H11N3O3. The van der Waals surface area contributed by atoms with E-state index in [0.29, 0.717) is 16.7 Å². The van der Waals surface area contributed by atoms with Crippen molar-refractivity contribution >= 4 is 11.8 Å². The minimum absolute atomic E-state index is 0.118. The van der Waals surface area contributed by atoms with Crippen molar-refractivity contribution in [3.05, 3.63) is 59.3 Å². The molecule has 0 saturated heterocycles. The van der Waals surface area contributed by atoms with E-state index in [9.17, 15) is 9.59 Å². The number of carbonyl (C=O) groups excluding carboxylic acids is 2. The molecule has 3 rings (SSSR count). The molecule has 2 amide bonds. The molecule has 1 aliphatic heterocycles. The molecule has 1 aliphatic rings. The fourth-order valence-electron chi connectivity index (χ4n) is 2.24. The molecule has 2 heterocycles. The molecule has 22 heavy (non-hydrogen) atoms. The average Bonchev–Trinajstić information content (AvgIpc) is 2.80. The van der Waals surface area contributed by atoms with Crippen LogP contribution < -0.4 is 4.74 Å². The molecule has 0 bridgehead atoms. The summed E-state index contributed by atoms with van der Waals surface area (Å²) < 4.78 is 5.40. The van der Waals surface area contributed by atoms with Gasteiger partial charge in [0.2, 0.25) is 5.88 Å². The second-order valence-electron chi connectivity index (χ2n) is 4.65. The first kappa shape index (κ1) is 13.8. The molecule has 0 fully saturated rings. The molecule has 0 atom stereocenters. The maximum absolute atomic E-state index is 12.1. The molecule has 1 aromatic heterocycles. The molecule has 0 radical (unpaired) electrons. The summed E-state index contributed by atoms with van der Waals surface area (Å²) in [6.45, 7) is 0.248. The lowest BCUT2D eigenvalue weighted by Gasteiger charge is -2.14. The van der Waals surface area contributed by atoms with Crippen LogP contribution in [0.3, 0.4) is 0 Å². The smallest absolute Gasteiger partial charge is 0.261 e. The zero-order valence-electron chi connectivity index (χ0n) is 11.5. The van der Waals surface area contributed by atoms with Gasteiger partial charge in [0.1, 0.15) is 6.61 Å². The van der Waals surface area contributed by atoms with Crippen LogP contribution in [0, 0.1) is 11.3 Å². The van der Waals surface area contributed by atoms with Crippen molar-refractivity contribution < 1.29 is 14.3 Å². The Kier molecular flexibility index (Phi) is 3.54. The number of fused-ring (bicyclic) bond motifs is 1. The van der Waals surface area contributed by atoms with Crippen LogP contribution in [0.1, 0.15) is 26.3 Å². The Hall–Kier alpha value is -3.20. The Labute approximate surface area is 126 Å². The average molecular weight is 293 g/mol. The third-order valence-electron chi connectivity index (χ3n) is 3.31. The maximum Gasteiger partial charge on any atom is 0.261 e. The van der Waals surface area contributed by atoms with Crippen molar-refractivity contribution in [1.29, 1.82) is 5.26 Å². The van der Waals surface area contributed by atoms with Crippen molar-refractivity contribution in [3.8, 4) is 11.9 Å². The van der Waals surface area contributed by atoms with Crippen molar-refractivity contribution in [2.45, 2.75) is 0 Å². The molecular weight excluding hydrogens is 282 g/mol. The van der Waals surface area contributed by atoms with E-state index in [1.807, 2.05) is 6.07 Å². The number of aromatic nitrogens is 1. The Morgan fingerprint density at radius 3 is 2.45 bits per heavy atom. The highest BCUT2D eigenvalue weighted by Gasteiger charge is 2.34. The third kappa shape index (κ3) is 2.40. The van der Waals surface area contributed by atoms with Crippen LogP contribution in [0.2, 0.25) is 0 Å². The van der Waals surface area contributed by atoms with E-state index in [0.717, 1.165) is 4.90 Å². The van der Waals surface area contributed by atoms with E-state index in [2.05, 4.69) is 4.98 Å². The molecule has 0 unspecified atom stereocenters. The zero-order chi connectivity index (χ0) is 15.5. The van der Waals surface area contributed by atoms with Gasteiger partial charge in [-0.2, -0.15) is 5.26 Å². The zero-order valence-corrected chi connectivity index (χ0v) is 11.5. The normalized spacial score (nSPS) is 13.0. The predicted octanol–water partition coefficient (Wildman–Crippen LogP) is 1.63. The number of benzene rings is 1. The number of amides is 2. The number of rotatable bonds is 4. The quantitative estimate of drug-likeness (QED) is 0.800. The SMILES string of the molecule is N#Cc1ccnc(OCCN2C(=O)c3ccccc3C2=O)c1. The fourth-order valence-corrected chi connectivity index (χ4v) is 2.24. The fraction of sp³-hybridized carbons (Fsp3) is 0.125. The molecule has 1 aromatic carbocycles. The second kappa shape index (κ2) is 5.66. The summed E-state index contributed by atoms with van der Waals surface area (Å²) in [7, 11) is 0. The molecule has 6 heteroatoms. The summed E-state index contributed by atoms with van der Waals surface area (Å²) in [5, 5.41) is 8.80. The molecule has 0 spiro atoms. The number of hydrogen-bond donors (Lipinski definition) is 0. The van der Waals surface area contributed by atoms with Gasteiger partial charge in [-0.25, -0.2) is 4.98 Å². The van der Waals surface area contributed by atoms with E-state index in [-0.39, 0.29) is 30.8 Å². The van der Waals surface area contributed by atoms with Crippen LogP contribution in [0.15, 0.2) is 42.6 Å². The summed E-state index contributed by atoms with van der Waals surface area (Å²) in [4.78, 5) is 29.4. The Balaban J connectivity index is 1.65. The van der Waals surface area contributed by atoms with Crippen LogP contribution in [0.5, 0.6) is 5.88 Å². The van der Waals surface area contributed by atoms with Gasteiger partial charge < -0.3 is 4.74 Å². The minimum Gasteiger partial charge on any atom is -0.476 e. The van der Waals surface area contributed by atoms with Crippen molar-refractivity contribution in [1.82, 2.24) is 9.88 Å². The summed E-state index contributed by atoms with van der Waals surface area (Å²) in [5.41, 5.74) is 1.26. The van der Waals surface area contributed by atoms with Gasteiger partial charge in [0.15, 0.2) is 0 Å². The van der Waals surface area contributed by atoms with Gasteiger partial charge in [-0.3, -0.25) is 14.5 Å². The Bertz CT molecular complexity index is 760. The number of pyridine rings is 1. The second-order valence-corrected chi connectivity index (χ2v) is 4.65. The van der Waals surface area contributed by atoms with Crippen molar-refractivity contribution in [2.75, 3.05) is 13.2 Å². The van der Waals surface area contributed by atoms with Gasteiger partial charge in [0, 0.05) is 12.3 Å². The summed E-state index contributed by atoms with van der Waals surface area (Å²) in [5.74, 6) is -0.346. The van der Waals surface area contributed by atoms with Gasteiger partial charge in [0.05, 0.1) is 29.3 Å². The number of nitriles is 1. The van der Waals surface area contributed by atoms with Gasteiger partial charge in [-0.05, 0) is 18.2 Å². The van der Waals surface area contributed by atoms with Gasteiger partial charge in [0.25, 0.3) is 11.8 Å². The lowest BCUT2D eigenvalue weighted by Crippen LogP contribution is -2.33. The van der Waals surface area contributed by atoms with Crippen LogP contribution in [-0.2, 0) is 0 Å². The molecule has 0 aliphatic carbocycles. The highest BCUT2D eigenvalue weighted by atomic mass is 16.5. The number of hydrogen-bond acceptors (Lipinski definition) is 5. The van der Waals surface area contributed by atoms with Crippen LogP contribution >= 0.6 is 0 Å². The van der Waals surface area contributed by atoms with Gasteiger partial charge >= 0.3 is 0 Å². The summed E-state index contributed by atoms with van der Waals surface area (Å²) in [6, 6.07) is 11.8. The van der Waals surface area contributed by atoms with E-state index < -0.39 is 0 Å². The molecule has 6 nitrogen and oxygen atoms in total. The highest BCUT2D eigenvalue weighted by Crippen LogP contribution is 2.22. The van der Waals surface area contributed by atoms with E-state index in [1.165, 1.54) is 12.3 Å². The largest absolute Gasteiger partial charge is 0.476 e. The topological polar surface area (TPSA) is 83.3 Å². The first-order valence-electron chi connectivity index (χ1n) is 6.65. The molecule has 0 N–H and O–H groups in total. The number of carbonyl (C=O) groups is 2. The first-order chi connectivity index (χ1) is 10.7. The lowest BCUT2D eigenvalue weighted by atomic mass is 10.1. The van der Waals surface area contributed by atoms with Crippen molar-refractivity contribution in [2.24, 2.45) is 0 Å². The highest BCUT2D eigenvalue weighted by molar-refractivity contribution is 6.21. The van der Waals surface area contributed by atoms with E-state index in [1.54, 1.807) is 30.3 Å². The monoisotopic (exact) mass is 293 g/mol. The van der Waals surface area contributed by atoms with Gasteiger partial charge in [-0.1, -0.05) is 12.1 Å². The van der Waals surface area contributed by atoms with E-state index in [4.69, 9.17) is 10.00 Å². The summed E-state index contributed by atoms with van der Waals surface area (Å²) in [6.07, 6.45) is 1.47. The Morgan fingerprint density at radius 2 is 1.82 bits per heavy atom. The Morgan fingerprint density at radius 1 is 1.14 bits per heavy atom.